The van der Waals surface area contributed by atoms with Crippen LogP contribution in [0.5, 0.6) is 0 Å². The van der Waals surface area contributed by atoms with Crippen LogP contribution in [0.25, 0.3) is 0 Å². The molecule has 104 heavy (non-hydrogen) atoms. The first kappa shape index (κ1) is 80.1. The Labute approximate surface area is 613 Å². The Morgan fingerprint density at radius 1 is 0.423 bits per heavy atom. The number of carboxylic acid groups (broad SMARTS) is 2. The van der Waals surface area contributed by atoms with E-state index in [1.807, 2.05) is 6.92 Å². The van der Waals surface area contributed by atoms with Crippen molar-refractivity contribution >= 4 is 119 Å². The fraction of sp³-hybridized carbons (Fsp3) is 0.373. The van der Waals surface area contributed by atoms with Gasteiger partial charge in [-0.2, -0.15) is 0 Å². The fourth-order valence-corrected chi connectivity index (χ4v) is 13.4. The van der Waals surface area contributed by atoms with E-state index >= 15 is 0 Å². The first-order valence-electron chi connectivity index (χ1n) is 32.1. The summed E-state index contributed by atoms with van der Waals surface area (Å²) in [5.41, 5.74) is 16.0. The van der Waals surface area contributed by atoms with Crippen molar-refractivity contribution in [1.82, 2.24) is 80.4 Å². The zero-order valence-corrected chi connectivity index (χ0v) is 61.5. The molecule has 9 aromatic heterocycles. The summed E-state index contributed by atoms with van der Waals surface area (Å²) in [6, 6.07) is 16.0. The third kappa shape index (κ3) is 25.1. The summed E-state index contributed by atoms with van der Waals surface area (Å²) in [5.74, 6) is -2.45. The number of carboxylic acids is 2. The maximum absolute atomic E-state index is 12.6. The molecule has 8 N–H and O–H groups in total. The number of methoxy groups -OCH3 is 2. The van der Waals surface area contributed by atoms with Crippen molar-refractivity contribution in [3.05, 3.63) is 168 Å². The van der Waals surface area contributed by atoms with Crippen LogP contribution in [0.1, 0.15) is 175 Å². The molecule has 33 nitrogen and oxygen atoms in total. The number of rotatable bonds is 19. The normalized spacial score (nSPS) is 14.9. The van der Waals surface area contributed by atoms with Crippen LogP contribution >= 0.6 is 45.3 Å². The van der Waals surface area contributed by atoms with Gasteiger partial charge in [-0.3, -0.25) is 58.5 Å². The number of aromatic nitrogens is 13. The maximum atomic E-state index is 12.6. The highest BCUT2D eigenvalue weighted by Crippen LogP contribution is 2.45. The highest BCUT2D eigenvalue weighted by molar-refractivity contribution is 7.16. The molecule has 11 rings (SSSR count). The summed E-state index contributed by atoms with van der Waals surface area (Å²) in [6.45, 7) is 1.81. The number of esters is 2. The summed E-state index contributed by atoms with van der Waals surface area (Å²) >= 11 is 5.71. The zero-order valence-electron chi connectivity index (χ0n) is 58.3. The number of hydrogen-bond donors (Lipinski definition) is 6. The number of nitrogen functional groups attached to an aromatic ring is 2. The lowest BCUT2D eigenvalue weighted by Crippen LogP contribution is -2.22. The van der Waals surface area contributed by atoms with E-state index in [1.165, 1.54) is 130 Å². The Kier molecular flexibility index (Phi) is 30.3. The number of nitrogens with zero attached hydrogens (tertiary/aromatic N) is 16. The lowest BCUT2D eigenvalue weighted by atomic mass is 9.82. The number of nitrogens with one attached hydrogen (secondary N) is 2. The molecule has 37 heteroatoms. The van der Waals surface area contributed by atoms with Crippen LogP contribution in [0.3, 0.4) is 0 Å². The number of carbonyl (C=O) groups is 9. The van der Waals surface area contributed by atoms with Gasteiger partial charge in [-0.1, -0.05) is 58.2 Å². The molecule has 2 aliphatic carbocycles. The monoisotopic (exact) mass is 1500 g/mol. The molecule has 0 bridgehead atoms. The molecule has 4 atom stereocenters. The number of pyridine rings is 5. The lowest BCUT2D eigenvalue weighted by Gasteiger charge is -2.25. The molecule has 0 saturated heterocycles. The predicted molar refractivity (Wildman–Crippen MR) is 386 cm³/mol. The van der Waals surface area contributed by atoms with Gasteiger partial charge in [-0.25, -0.2) is 9.59 Å². The zero-order chi connectivity index (χ0) is 75.6. The molecule has 5 amide bonds. The van der Waals surface area contributed by atoms with E-state index in [0.717, 1.165) is 70.7 Å². The molecule has 0 aliphatic heterocycles. The number of aromatic carboxylic acids is 2. The van der Waals surface area contributed by atoms with Gasteiger partial charge in [0.05, 0.1) is 79.1 Å². The maximum Gasteiger partial charge on any atom is 0.337 e. The van der Waals surface area contributed by atoms with Crippen LogP contribution in [0.2, 0.25) is 0 Å². The highest BCUT2D eigenvalue weighted by atomic mass is 32.1. The van der Waals surface area contributed by atoms with E-state index in [0.29, 0.717) is 71.8 Å². The van der Waals surface area contributed by atoms with Crippen molar-refractivity contribution in [2.45, 2.75) is 108 Å². The van der Waals surface area contributed by atoms with Gasteiger partial charge in [0.1, 0.15) is 20.0 Å². The van der Waals surface area contributed by atoms with Gasteiger partial charge in [0.25, 0.3) is 17.7 Å². The number of ether oxygens (including phenoxy) is 2. The second kappa shape index (κ2) is 39.3. The van der Waals surface area contributed by atoms with E-state index < -0.39 is 17.9 Å². The number of nitrogens with two attached hydrogens (primary N) is 2. The molecular weight excluding hydrogens is 1420 g/mol. The minimum atomic E-state index is -1.04. The lowest BCUT2D eigenvalue weighted by molar-refractivity contribution is -0.140. The third-order valence-corrected chi connectivity index (χ3v) is 19.3. The Balaban J connectivity index is 0.000000212. The first-order chi connectivity index (χ1) is 49.6. The summed E-state index contributed by atoms with van der Waals surface area (Å²) in [7, 11) is 12.6. The molecular formula is C67H78N20O13S4. The van der Waals surface area contributed by atoms with Crippen LogP contribution in [0.15, 0.2) is 91.6 Å². The number of anilines is 4. The number of aryl methyl sites for hydroxylation is 1. The van der Waals surface area contributed by atoms with Crippen LogP contribution in [0, 0.1) is 6.92 Å². The number of carbonyl (C=O) groups excluding carboxylic acids is 7. The van der Waals surface area contributed by atoms with Gasteiger partial charge < -0.3 is 56.5 Å². The standard InChI is InChI=1S/C30H34N10O4S2.C11H14N2O3.C10H14N6S2.C9H9NO4.C7H7NO2/c1-39(2)27(43)19-8-10-21(31-15-19)13-23(41)33-29-37-35-25(45-29)17-6-5-7-18(12-17)26-36-38-30(46-26)34-24(42)14-22-11-9-20(16-32-22)28(44)40(3)4;1-13(2)11(15)8-4-5-9(12-7-8)6-10(14)16-3;11-9-15-13-7(17-9)5-2-1-3-6(4-5)8-14-16-10(12)18-8;1-14-8(11)4-7-3-2-6(5-10-7)9(12)13;1-5-2-3-6(4-8-5)7(9)10/h8-11,15-18H,5-7,12-14H2,1-4H3,(H,33,37,41)(H,34,38,42);4-5,7H,6H2,1-3H3;5-6H,1-4H2,(H2,11,15)(H2,12,16);2-3,5H,4H2,1H3,(H,12,13);2-4H,1H3,(H,9,10)/t17-,18-;;5-,6-;;/m0.0../s1. The SMILES string of the molecule is CN(C)C(=O)c1ccc(CC(=O)Nc2nnc([C@H]3CCC[C@H](c4nnc(NC(=O)Cc5ccc(C(=O)N(C)C)cn5)s4)C3)s2)nc1.COC(=O)Cc1ccc(C(=O)N(C)C)cn1.COC(=O)Cc1ccc(C(=O)O)cn1.Cc1ccc(C(=O)O)cn1.Nc1nnc([C@H]2CCC[C@H](c3nnc(N)s3)C2)s1. The Morgan fingerprint density at radius 2 is 0.721 bits per heavy atom. The molecule has 0 unspecified atom stereocenters. The molecule has 2 fully saturated rings. The van der Waals surface area contributed by atoms with Crippen molar-refractivity contribution < 1.29 is 62.8 Å². The van der Waals surface area contributed by atoms with Gasteiger partial charge >= 0.3 is 23.9 Å². The van der Waals surface area contributed by atoms with E-state index in [2.05, 4.69) is 85.8 Å². The van der Waals surface area contributed by atoms with Crippen molar-refractivity contribution in [2.75, 3.05) is 78.6 Å². The molecule has 2 saturated carbocycles. The molecule has 2 aliphatic rings. The largest absolute Gasteiger partial charge is 0.478 e. The van der Waals surface area contributed by atoms with Crippen molar-refractivity contribution in [3.8, 4) is 0 Å². The van der Waals surface area contributed by atoms with E-state index in [4.69, 9.17) is 21.7 Å². The van der Waals surface area contributed by atoms with Gasteiger partial charge in [0.2, 0.25) is 32.3 Å². The molecule has 9 heterocycles. The Hall–Kier alpha value is -11.2. The molecule has 0 aromatic carbocycles. The topological polar surface area (TPSA) is 466 Å². The fourth-order valence-electron chi connectivity index (χ4n) is 10.1. The van der Waals surface area contributed by atoms with Crippen LogP contribution in [0.4, 0.5) is 20.5 Å². The van der Waals surface area contributed by atoms with E-state index in [1.54, 1.807) is 84.8 Å². The summed E-state index contributed by atoms with van der Waals surface area (Å²) in [5, 5.41) is 61.6. The van der Waals surface area contributed by atoms with Gasteiger partial charge in [-0.15, -0.1) is 40.8 Å². The number of amides is 5. The molecule has 0 spiro atoms. The Bertz CT molecular complexity index is 4190. The Morgan fingerprint density at radius 3 is 0.990 bits per heavy atom. The summed E-state index contributed by atoms with van der Waals surface area (Å²) < 4.78 is 8.95. The molecule has 548 valence electrons. The summed E-state index contributed by atoms with van der Waals surface area (Å²) in [4.78, 5) is 128. The number of hydrogen-bond acceptors (Lipinski definition) is 30. The van der Waals surface area contributed by atoms with Crippen LogP contribution < -0.4 is 22.1 Å². The average molecular weight is 1500 g/mol. The van der Waals surface area contributed by atoms with Crippen molar-refractivity contribution in [1.29, 1.82) is 0 Å². The van der Waals surface area contributed by atoms with E-state index in [9.17, 15) is 43.2 Å². The van der Waals surface area contributed by atoms with E-state index in [-0.39, 0.29) is 84.2 Å². The average Bonchev–Trinajstić information content (AvgIpc) is 1.68. The minimum Gasteiger partial charge on any atom is -0.478 e. The summed E-state index contributed by atoms with van der Waals surface area (Å²) in [6.07, 6.45) is 15.4. The van der Waals surface area contributed by atoms with Gasteiger partial charge in [0.15, 0.2) is 0 Å². The molecule has 9 aromatic rings. The van der Waals surface area contributed by atoms with Gasteiger partial charge in [-0.05, 0) is 106 Å². The first-order valence-corrected chi connectivity index (χ1v) is 35.3. The smallest absolute Gasteiger partial charge is 0.337 e. The van der Waals surface area contributed by atoms with Crippen molar-refractivity contribution in [3.63, 3.8) is 0 Å². The second-order valence-electron chi connectivity index (χ2n) is 24.0. The minimum absolute atomic E-state index is 0.0490. The second-order valence-corrected chi connectivity index (χ2v) is 28.1. The van der Waals surface area contributed by atoms with Crippen molar-refractivity contribution in [2.24, 2.45) is 0 Å². The van der Waals surface area contributed by atoms with Crippen LogP contribution in [-0.2, 0) is 54.3 Å². The predicted octanol–water partition coefficient (Wildman–Crippen LogP) is 7.46. The third-order valence-electron chi connectivity index (χ3n) is 15.5. The highest BCUT2D eigenvalue weighted by Gasteiger charge is 2.31. The van der Waals surface area contributed by atoms with Crippen LogP contribution in [-0.4, -0.2) is 201 Å². The quantitative estimate of drug-likeness (QED) is 0.0427. The molecule has 0 radical (unpaired) electrons. The van der Waals surface area contributed by atoms with Gasteiger partial charge in [0, 0.05) is 114 Å².